The molecule has 1 saturated carbocycles. The fraction of sp³-hybridized carbons (Fsp3) is 0.929. The number of nitrogens with zero attached hydrogens (tertiary/aromatic N) is 1. The molecule has 0 radical (unpaired) electrons. The highest BCUT2D eigenvalue weighted by molar-refractivity contribution is 5.78. The minimum Gasteiger partial charge on any atom is -0.345 e. The first-order valence-corrected chi connectivity index (χ1v) is 7.10. The molecular formula is C14H28N2O. The molecule has 1 unspecified atom stereocenters. The highest BCUT2D eigenvalue weighted by atomic mass is 16.2. The van der Waals surface area contributed by atoms with Crippen LogP contribution in [-0.4, -0.2) is 30.9 Å². The molecule has 1 aliphatic carbocycles. The smallest absolute Gasteiger partial charge is 0.225 e. The van der Waals surface area contributed by atoms with Gasteiger partial charge in [-0.05, 0) is 38.1 Å². The molecule has 1 atom stereocenters. The van der Waals surface area contributed by atoms with Crippen molar-refractivity contribution in [3.63, 3.8) is 0 Å². The zero-order valence-electron chi connectivity index (χ0n) is 11.5. The molecule has 3 heteroatoms. The van der Waals surface area contributed by atoms with Gasteiger partial charge in [-0.1, -0.05) is 26.2 Å². The Morgan fingerprint density at radius 2 is 2.00 bits per heavy atom. The van der Waals surface area contributed by atoms with Crippen molar-refractivity contribution in [1.29, 1.82) is 0 Å². The molecular weight excluding hydrogens is 212 g/mol. The maximum atomic E-state index is 12.1. The largest absolute Gasteiger partial charge is 0.345 e. The molecule has 0 heterocycles. The fourth-order valence-electron chi connectivity index (χ4n) is 2.77. The highest BCUT2D eigenvalue weighted by Crippen LogP contribution is 2.24. The first-order chi connectivity index (χ1) is 8.15. The number of hydrogen-bond acceptors (Lipinski definition) is 2. The van der Waals surface area contributed by atoms with Gasteiger partial charge in [0.2, 0.25) is 5.91 Å². The van der Waals surface area contributed by atoms with Crippen molar-refractivity contribution in [2.75, 3.05) is 20.1 Å². The second kappa shape index (κ2) is 7.70. The van der Waals surface area contributed by atoms with E-state index < -0.39 is 0 Å². The van der Waals surface area contributed by atoms with Gasteiger partial charge in [-0.2, -0.15) is 0 Å². The summed E-state index contributed by atoms with van der Waals surface area (Å²) in [4.78, 5) is 14.0. The molecule has 0 aromatic rings. The van der Waals surface area contributed by atoms with Crippen LogP contribution < -0.4 is 5.73 Å². The average molecular weight is 240 g/mol. The molecule has 100 valence electrons. The summed E-state index contributed by atoms with van der Waals surface area (Å²) in [6.45, 7) is 3.66. The van der Waals surface area contributed by atoms with E-state index in [1.54, 1.807) is 0 Å². The summed E-state index contributed by atoms with van der Waals surface area (Å²) in [5.74, 6) is 1.16. The van der Waals surface area contributed by atoms with Crippen molar-refractivity contribution >= 4 is 5.91 Å². The molecule has 0 spiro atoms. The van der Waals surface area contributed by atoms with E-state index in [1.807, 2.05) is 18.9 Å². The van der Waals surface area contributed by atoms with Gasteiger partial charge in [-0.15, -0.1) is 0 Å². The summed E-state index contributed by atoms with van der Waals surface area (Å²) in [6.07, 6.45) is 8.53. The molecule has 1 fully saturated rings. The van der Waals surface area contributed by atoms with Crippen molar-refractivity contribution in [2.24, 2.45) is 17.6 Å². The van der Waals surface area contributed by atoms with Crippen molar-refractivity contribution in [3.05, 3.63) is 0 Å². The first kappa shape index (κ1) is 14.5. The summed E-state index contributed by atoms with van der Waals surface area (Å²) in [6, 6.07) is 0. The van der Waals surface area contributed by atoms with Gasteiger partial charge in [-0.3, -0.25) is 4.79 Å². The lowest BCUT2D eigenvalue weighted by Crippen LogP contribution is -2.36. The van der Waals surface area contributed by atoms with Gasteiger partial charge in [0.25, 0.3) is 0 Å². The molecule has 1 rings (SSSR count). The van der Waals surface area contributed by atoms with Crippen LogP contribution in [0.15, 0.2) is 0 Å². The van der Waals surface area contributed by atoms with Gasteiger partial charge < -0.3 is 10.6 Å². The third-order valence-electron chi connectivity index (χ3n) is 3.90. The molecule has 0 aromatic heterocycles. The van der Waals surface area contributed by atoms with Crippen LogP contribution in [0.4, 0.5) is 0 Å². The lowest BCUT2D eigenvalue weighted by molar-refractivity contribution is -0.134. The Morgan fingerprint density at radius 3 is 2.59 bits per heavy atom. The van der Waals surface area contributed by atoms with E-state index in [2.05, 4.69) is 0 Å². The van der Waals surface area contributed by atoms with E-state index in [0.717, 1.165) is 25.3 Å². The maximum absolute atomic E-state index is 12.1. The number of amides is 1. The standard InChI is InChI=1S/C14H28N2O/c1-12(7-6-10-15)14(17)16(2)11-13-8-4-3-5-9-13/h12-13H,3-11,15H2,1-2H3. The zero-order valence-corrected chi connectivity index (χ0v) is 11.5. The first-order valence-electron chi connectivity index (χ1n) is 7.10. The van der Waals surface area contributed by atoms with Gasteiger partial charge in [0, 0.05) is 19.5 Å². The zero-order chi connectivity index (χ0) is 12.7. The van der Waals surface area contributed by atoms with E-state index >= 15 is 0 Å². The average Bonchev–Trinajstić information content (AvgIpc) is 2.36. The number of carbonyl (C=O) groups excluding carboxylic acids is 1. The minimum absolute atomic E-state index is 0.132. The van der Waals surface area contributed by atoms with Crippen LogP contribution in [0.5, 0.6) is 0 Å². The maximum Gasteiger partial charge on any atom is 0.225 e. The quantitative estimate of drug-likeness (QED) is 0.775. The molecule has 1 amide bonds. The van der Waals surface area contributed by atoms with Crippen molar-refractivity contribution in [2.45, 2.75) is 51.9 Å². The minimum atomic E-state index is 0.132. The van der Waals surface area contributed by atoms with E-state index in [-0.39, 0.29) is 5.92 Å². The highest BCUT2D eigenvalue weighted by Gasteiger charge is 2.21. The third kappa shape index (κ3) is 5.07. The van der Waals surface area contributed by atoms with Crippen molar-refractivity contribution < 1.29 is 4.79 Å². The summed E-state index contributed by atoms with van der Waals surface area (Å²) < 4.78 is 0. The van der Waals surface area contributed by atoms with Crippen LogP contribution in [-0.2, 0) is 4.79 Å². The third-order valence-corrected chi connectivity index (χ3v) is 3.90. The Labute approximate surface area is 106 Å². The summed E-state index contributed by atoms with van der Waals surface area (Å²) >= 11 is 0. The normalized spacial score (nSPS) is 19.0. The summed E-state index contributed by atoms with van der Waals surface area (Å²) in [5.41, 5.74) is 5.48. The van der Waals surface area contributed by atoms with Crippen molar-refractivity contribution in [3.8, 4) is 0 Å². The van der Waals surface area contributed by atoms with E-state index in [9.17, 15) is 4.79 Å². The van der Waals surface area contributed by atoms with Gasteiger partial charge in [0.05, 0.1) is 0 Å². The van der Waals surface area contributed by atoms with Crippen LogP contribution in [0.2, 0.25) is 0 Å². The number of nitrogens with two attached hydrogens (primary N) is 1. The summed E-state index contributed by atoms with van der Waals surface area (Å²) in [5, 5.41) is 0. The Morgan fingerprint density at radius 1 is 1.35 bits per heavy atom. The molecule has 17 heavy (non-hydrogen) atoms. The topological polar surface area (TPSA) is 46.3 Å². The van der Waals surface area contributed by atoms with Gasteiger partial charge in [-0.25, -0.2) is 0 Å². The number of rotatable bonds is 6. The molecule has 1 aliphatic rings. The van der Waals surface area contributed by atoms with E-state index in [4.69, 9.17) is 5.73 Å². The molecule has 0 bridgehead atoms. The number of hydrogen-bond donors (Lipinski definition) is 1. The fourth-order valence-corrected chi connectivity index (χ4v) is 2.77. The molecule has 2 N–H and O–H groups in total. The lowest BCUT2D eigenvalue weighted by Gasteiger charge is -2.28. The van der Waals surface area contributed by atoms with E-state index in [0.29, 0.717) is 12.5 Å². The van der Waals surface area contributed by atoms with Crippen LogP contribution >= 0.6 is 0 Å². The van der Waals surface area contributed by atoms with Gasteiger partial charge >= 0.3 is 0 Å². The number of carbonyl (C=O) groups is 1. The Kier molecular flexibility index (Phi) is 6.56. The second-order valence-corrected chi connectivity index (χ2v) is 5.55. The van der Waals surface area contributed by atoms with Crippen LogP contribution in [0.3, 0.4) is 0 Å². The molecule has 0 saturated heterocycles. The predicted octanol–water partition coefficient (Wildman–Crippen LogP) is 2.40. The van der Waals surface area contributed by atoms with Gasteiger partial charge in [0.1, 0.15) is 0 Å². The Balaban J connectivity index is 2.29. The van der Waals surface area contributed by atoms with Crippen LogP contribution in [0, 0.1) is 11.8 Å². The summed E-state index contributed by atoms with van der Waals surface area (Å²) in [7, 11) is 1.95. The molecule has 0 aromatic carbocycles. The second-order valence-electron chi connectivity index (χ2n) is 5.55. The van der Waals surface area contributed by atoms with Crippen LogP contribution in [0.1, 0.15) is 51.9 Å². The van der Waals surface area contributed by atoms with Crippen LogP contribution in [0.25, 0.3) is 0 Å². The molecule has 0 aliphatic heterocycles. The van der Waals surface area contributed by atoms with Crippen molar-refractivity contribution in [1.82, 2.24) is 4.90 Å². The predicted molar refractivity (Wildman–Crippen MR) is 71.7 cm³/mol. The van der Waals surface area contributed by atoms with Gasteiger partial charge in [0.15, 0.2) is 0 Å². The SMILES string of the molecule is CC(CCCN)C(=O)N(C)CC1CCCCC1. The monoisotopic (exact) mass is 240 g/mol. The molecule has 3 nitrogen and oxygen atoms in total. The lowest BCUT2D eigenvalue weighted by atomic mass is 9.89. The van der Waals surface area contributed by atoms with E-state index in [1.165, 1.54) is 32.1 Å². The Hall–Kier alpha value is -0.570. The Bertz CT molecular complexity index is 224.